The van der Waals surface area contributed by atoms with Crippen LogP contribution in [0.4, 0.5) is 10.5 Å². The number of fused-ring (bicyclic) bond motifs is 3. The minimum Gasteiger partial charge on any atom is -0.459 e. The Morgan fingerprint density at radius 2 is 1.78 bits per heavy atom. The molecule has 1 saturated carbocycles. The van der Waals surface area contributed by atoms with Gasteiger partial charge in [-0.15, -0.1) is 18.2 Å². The van der Waals surface area contributed by atoms with E-state index in [-0.39, 0.29) is 68.7 Å². The van der Waals surface area contributed by atoms with Crippen LogP contribution in [-0.2, 0) is 20.9 Å². The van der Waals surface area contributed by atoms with E-state index in [1.807, 2.05) is 61.5 Å². The van der Waals surface area contributed by atoms with Gasteiger partial charge in [-0.2, -0.15) is 0 Å². The van der Waals surface area contributed by atoms with Crippen molar-refractivity contribution in [3.63, 3.8) is 0 Å². The lowest BCUT2D eigenvalue weighted by Gasteiger charge is -2.59. The van der Waals surface area contributed by atoms with Crippen molar-refractivity contribution in [1.82, 2.24) is 4.90 Å². The third kappa shape index (κ3) is 9.87. The number of alkyl halides is 1. The number of allylic oxidation sites excluding steroid dienone is 1. The Morgan fingerprint density at radius 3 is 2.54 bits per heavy atom. The molecule has 7 rings (SSSR count). The van der Waals surface area contributed by atoms with Gasteiger partial charge in [-0.25, -0.2) is 4.79 Å². The number of aliphatic hydroxyl groups is 2. The number of carbonyl (C=O) groups is 1. The number of rotatable bonds is 21. The highest BCUT2D eigenvalue weighted by Gasteiger charge is 2.65. The number of hydrogen-bond donors (Lipinski definition) is 2. The summed E-state index contributed by atoms with van der Waals surface area (Å²) in [6, 6.07) is 24.8. The van der Waals surface area contributed by atoms with Crippen molar-refractivity contribution >= 4 is 39.9 Å². The largest absolute Gasteiger partial charge is 0.459 e. The predicted molar refractivity (Wildman–Crippen MR) is 241 cm³/mol. The molecule has 6 atom stereocenters. The topological polar surface area (TPSA) is 162 Å². The molecule has 13 nitrogen and oxygen atoms in total. The van der Waals surface area contributed by atoms with E-state index in [0.717, 1.165) is 53.2 Å². The van der Waals surface area contributed by atoms with Crippen molar-refractivity contribution in [2.45, 2.75) is 76.2 Å². The lowest BCUT2D eigenvalue weighted by atomic mass is 9.55. The molecule has 0 bridgehead atoms. The van der Waals surface area contributed by atoms with E-state index >= 15 is 0 Å². The zero-order valence-corrected chi connectivity index (χ0v) is 36.4. The Morgan fingerprint density at radius 1 is 1.02 bits per heavy atom. The van der Waals surface area contributed by atoms with E-state index in [9.17, 15) is 25.1 Å². The number of carbonyl (C=O) groups excluding carboxylic acids is 1. The van der Waals surface area contributed by atoms with Crippen molar-refractivity contribution in [2.24, 2.45) is 22.9 Å². The van der Waals surface area contributed by atoms with Gasteiger partial charge in [0.25, 0.3) is 5.69 Å². The monoisotopic (exact) mass is 881 g/mol. The highest BCUT2D eigenvalue weighted by Crippen LogP contribution is 2.62. The number of nitro groups is 1. The maximum absolute atomic E-state index is 14.7. The molecule has 1 amide bonds. The zero-order chi connectivity index (χ0) is 44.3. The quantitative estimate of drug-likeness (QED) is 0.0271. The summed E-state index contributed by atoms with van der Waals surface area (Å²) in [4.78, 5) is 33.5. The van der Waals surface area contributed by atoms with Crippen LogP contribution in [0, 0.1) is 27.9 Å². The lowest BCUT2D eigenvalue weighted by Crippen LogP contribution is -2.70. The van der Waals surface area contributed by atoms with Crippen molar-refractivity contribution in [1.29, 1.82) is 0 Å². The molecule has 0 spiro atoms. The van der Waals surface area contributed by atoms with E-state index < -0.39 is 28.8 Å². The number of oxime groups is 1. The molecule has 63 heavy (non-hydrogen) atoms. The van der Waals surface area contributed by atoms with Crippen molar-refractivity contribution in [3.8, 4) is 17.2 Å². The van der Waals surface area contributed by atoms with Crippen molar-refractivity contribution < 1.29 is 43.7 Å². The molecule has 3 aliphatic rings. The Bertz CT molecular complexity index is 2300. The number of unbranched alkanes of at least 4 members (excludes halogenated alkanes) is 2. The SMILES string of the molecule is C=CCO[C@@]12Oc3ccc(Oc4cccc([N+](=O)[O-])c4)cc3[C@H]3[C@H](CCCCO)[C@@H](CCCCO)C=C(C(=NOCC)C[C@@H]1N(Cc1cccc4ccccc14)C(=O)OCCCl)[C@H]32. The average molecular weight is 882 g/mol. The number of nitrogens with zero attached hydrogens (tertiary/aromatic N) is 3. The molecule has 0 radical (unpaired) electrons. The highest BCUT2D eigenvalue weighted by molar-refractivity contribution is 6.18. The maximum Gasteiger partial charge on any atom is 0.410 e. The van der Waals surface area contributed by atoms with Crippen LogP contribution in [0.5, 0.6) is 17.2 Å². The number of nitro benzene ring substituents is 1. The summed E-state index contributed by atoms with van der Waals surface area (Å²) in [5.74, 6) is -1.05. The first kappa shape index (κ1) is 45.6. The van der Waals surface area contributed by atoms with Crippen LogP contribution in [0.2, 0.25) is 0 Å². The van der Waals surface area contributed by atoms with E-state index in [0.29, 0.717) is 42.4 Å². The second kappa shape index (κ2) is 21.3. The molecule has 0 aromatic heterocycles. The van der Waals surface area contributed by atoms with E-state index in [1.165, 1.54) is 12.1 Å². The fourth-order valence-electron chi connectivity index (χ4n) is 9.78. The molecule has 1 heterocycles. The van der Waals surface area contributed by atoms with Crippen LogP contribution in [0.3, 0.4) is 0 Å². The normalized spacial score (nSPS) is 22.9. The molecule has 334 valence electrons. The fourth-order valence-corrected chi connectivity index (χ4v) is 9.85. The summed E-state index contributed by atoms with van der Waals surface area (Å²) >= 11 is 6.13. The van der Waals surface area contributed by atoms with Gasteiger partial charge >= 0.3 is 6.09 Å². The van der Waals surface area contributed by atoms with Gasteiger partial charge in [0.05, 0.1) is 41.7 Å². The van der Waals surface area contributed by atoms with E-state index in [1.54, 1.807) is 29.2 Å². The number of halogens is 1. The number of amides is 1. The number of aliphatic hydroxyl groups excluding tert-OH is 2. The van der Waals surface area contributed by atoms with Crippen LogP contribution in [0.25, 0.3) is 10.8 Å². The number of hydrogen-bond acceptors (Lipinski definition) is 11. The van der Waals surface area contributed by atoms with Crippen LogP contribution < -0.4 is 9.47 Å². The molecule has 2 aliphatic carbocycles. The third-order valence-corrected chi connectivity index (χ3v) is 12.5. The smallest absolute Gasteiger partial charge is 0.410 e. The summed E-state index contributed by atoms with van der Waals surface area (Å²) in [6.07, 6.45) is 7.83. The summed E-state index contributed by atoms with van der Waals surface area (Å²) < 4.78 is 26.7. The Hall–Kier alpha value is -5.47. The minimum absolute atomic E-state index is 0.0137. The molecular formula is C49H56ClN3O10. The number of benzene rings is 4. The molecule has 14 heteroatoms. The standard InChI is InChI=1S/C49H56ClN3O10/c1-3-26-60-49-45(52(48(56)59-27-23-50)32-35-16-11-15-33-13-5-6-19-39(33)35)31-43(51-61-4-2)41-28-34(14-7-9-24-54)40(20-8-10-25-55)46(47(41)49)42-30-38(21-22-44(42)63-49)62-37-18-12-17-36(29-37)53(57)58/h3,5-6,11-13,15-19,21-22,28-30,34,40,45-47,54-55H,1,4,7-10,14,20,23-27,31-32H2,2H3/t34-,40+,45-,46+,47+,49+/m0/s1. The number of non-ortho nitro benzene ring substituents is 1. The Balaban J connectivity index is 1.46. The van der Waals surface area contributed by atoms with Gasteiger partial charge in [0.15, 0.2) is 0 Å². The second-order valence-electron chi connectivity index (χ2n) is 16.1. The molecule has 2 N–H and O–H groups in total. The third-order valence-electron chi connectivity index (χ3n) is 12.3. The molecule has 1 fully saturated rings. The van der Waals surface area contributed by atoms with Crippen LogP contribution in [0.15, 0.2) is 114 Å². The predicted octanol–water partition coefficient (Wildman–Crippen LogP) is 10.1. The van der Waals surface area contributed by atoms with Crippen LogP contribution in [0.1, 0.15) is 68.9 Å². The van der Waals surface area contributed by atoms with Gasteiger partial charge < -0.3 is 34.0 Å². The second-order valence-corrected chi connectivity index (χ2v) is 16.5. The first-order valence-electron chi connectivity index (χ1n) is 21.9. The van der Waals surface area contributed by atoms with Gasteiger partial charge in [0.1, 0.15) is 36.5 Å². The molecule has 4 aromatic carbocycles. The maximum atomic E-state index is 14.7. The van der Waals surface area contributed by atoms with Crippen molar-refractivity contribution in [3.05, 3.63) is 130 Å². The first-order valence-corrected chi connectivity index (χ1v) is 22.4. The summed E-state index contributed by atoms with van der Waals surface area (Å²) in [5, 5.41) is 38.3. The Kier molecular flexibility index (Phi) is 15.4. The summed E-state index contributed by atoms with van der Waals surface area (Å²) in [6.45, 7) is 6.53. The average Bonchev–Trinajstić information content (AvgIpc) is 3.30. The molecule has 1 aliphatic heterocycles. The van der Waals surface area contributed by atoms with E-state index in [2.05, 4.69) is 12.7 Å². The van der Waals surface area contributed by atoms with Gasteiger partial charge in [-0.1, -0.05) is 78.7 Å². The van der Waals surface area contributed by atoms with Crippen molar-refractivity contribution in [2.75, 3.05) is 38.9 Å². The van der Waals surface area contributed by atoms with Gasteiger partial charge in [-0.3, -0.25) is 15.0 Å². The molecule has 4 aromatic rings. The summed E-state index contributed by atoms with van der Waals surface area (Å²) in [5.41, 5.74) is 3.18. The zero-order valence-electron chi connectivity index (χ0n) is 35.6. The van der Waals surface area contributed by atoms with Gasteiger partial charge in [0, 0.05) is 37.2 Å². The van der Waals surface area contributed by atoms with E-state index in [4.69, 9.17) is 40.5 Å². The van der Waals surface area contributed by atoms with Gasteiger partial charge in [0.2, 0.25) is 5.79 Å². The number of ether oxygens (including phenoxy) is 4. The first-order chi connectivity index (χ1) is 30.8. The Labute approximate surface area is 373 Å². The van der Waals surface area contributed by atoms with Gasteiger partial charge in [-0.05, 0) is 90.6 Å². The lowest BCUT2D eigenvalue weighted by molar-refractivity contribution is -0.384. The molecular weight excluding hydrogens is 826 g/mol. The van der Waals surface area contributed by atoms with Crippen LogP contribution >= 0.6 is 11.6 Å². The minimum atomic E-state index is -1.53. The fraction of sp³-hybridized carbons (Fsp3) is 0.429. The molecule has 0 saturated heterocycles. The molecule has 0 unspecified atom stereocenters. The van der Waals surface area contributed by atoms with Crippen LogP contribution in [-0.4, -0.2) is 82.6 Å². The highest BCUT2D eigenvalue weighted by atomic mass is 35.5. The summed E-state index contributed by atoms with van der Waals surface area (Å²) in [7, 11) is 0.